The van der Waals surface area contributed by atoms with Crippen LogP contribution in [0, 0.1) is 11.3 Å². The van der Waals surface area contributed by atoms with Crippen LogP contribution in [-0.4, -0.2) is 17.1 Å². The second kappa shape index (κ2) is 6.85. The number of nitrogens with zero attached hydrogens (tertiary/aromatic N) is 3. The molecule has 3 aromatic rings. The van der Waals surface area contributed by atoms with Gasteiger partial charge in [0.05, 0.1) is 23.6 Å². The van der Waals surface area contributed by atoms with Gasteiger partial charge in [0.25, 0.3) is 5.91 Å². The van der Waals surface area contributed by atoms with Gasteiger partial charge in [0, 0.05) is 24.4 Å². The fourth-order valence-electron chi connectivity index (χ4n) is 3.35. The van der Waals surface area contributed by atoms with Gasteiger partial charge in [-0.2, -0.15) is 5.26 Å². The Morgan fingerprint density at radius 1 is 1.07 bits per heavy atom. The zero-order valence-corrected chi connectivity index (χ0v) is 14.4. The van der Waals surface area contributed by atoms with Gasteiger partial charge in [-0.25, -0.2) is 4.99 Å². The van der Waals surface area contributed by atoms with Crippen LogP contribution in [-0.2, 0) is 16.6 Å². The zero-order valence-electron chi connectivity index (χ0n) is 14.4. The number of allylic oxidation sites excluding steroid dienone is 1. The second-order valence-corrected chi connectivity index (χ2v) is 6.26. The van der Waals surface area contributed by atoms with Crippen molar-refractivity contribution in [3.05, 3.63) is 95.7 Å². The summed E-state index contributed by atoms with van der Waals surface area (Å²) in [4.78, 5) is 21.6. The molecule has 0 N–H and O–H groups in total. The first kappa shape index (κ1) is 16.7. The zero-order chi connectivity index (χ0) is 18.7. The number of hydrogen-bond acceptors (Lipinski definition) is 4. The lowest BCUT2D eigenvalue weighted by Crippen LogP contribution is -2.38. The summed E-state index contributed by atoms with van der Waals surface area (Å²) in [6.07, 6.45) is 6.91. The van der Waals surface area contributed by atoms with Gasteiger partial charge in [-0.15, -0.1) is 0 Å². The van der Waals surface area contributed by atoms with E-state index in [1.54, 1.807) is 36.7 Å². The van der Waals surface area contributed by atoms with Crippen molar-refractivity contribution in [3.8, 4) is 6.07 Å². The highest BCUT2D eigenvalue weighted by atomic mass is 16.3. The van der Waals surface area contributed by atoms with Crippen molar-refractivity contribution < 1.29 is 9.21 Å². The number of furan rings is 1. The molecule has 0 bridgehead atoms. The van der Waals surface area contributed by atoms with Gasteiger partial charge in [-0.1, -0.05) is 30.3 Å². The molecule has 0 radical (unpaired) electrons. The molecule has 1 aromatic carbocycles. The number of nitriles is 1. The van der Waals surface area contributed by atoms with E-state index in [1.165, 1.54) is 6.21 Å². The van der Waals surface area contributed by atoms with Crippen molar-refractivity contribution >= 4 is 17.7 Å². The fourth-order valence-corrected chi connectivity index (χ4v) is 3.35. The lowest BCUT2D eigenvalue weighted by molar-refractivity contribution is -0.121. The summed E-state index contributed by atoms with van der Waals surface area (Å²) < 4.78 is 5.51. The summed E-state index contributed by atoms with van der Waals surface area (Å²) >= 11 is 0. The Kier molecular flexibility index (Phi) is 4.23. The Morgan fingerprint density at radius 3 is 2.67 bits per heavy atom. The summed E-state index contributed by atoms with van der Waals surface area (Å²) in [6.45, 7) is 0. The summed E-state index contributed by atoms with van der Waals surface area (Å²) in [5.74, 6) is 0.311. The molecule has 1 unspecified atom stereocenters. The smallest absolute Gasteiger partial charge is 0.260 e. The lowest BCUT2D eigenvalue weighted by Gasteiger charge is -2.31. The predicted molar refractivity (Wildman–Crippen MR) is 101 cm³/mol. The minimum absolute atomic E-state index is 0.269. The van der Waals surface area contributed by atoms with E-state index < -0.39 is 5.41 Å². The first-order valence-electron chi connectivity index (χ1n) is 8.48. The van der Waals surface area contributed by atoms with E-state index in [9.17, 15) is 10.1 Å². The third-order valence-corrected chi connectivity index (χ3v) is 4.63. The molecule has 4 rings (SSSR count). The average molecular weight is 353 g/mol. The van der Waals surface area contributed by atoms with Crippen molar-refractivity contribution in [2.75, 3.05) is 0 Å². The fraction of sp³-hybridized carbons (Fsp3) is 0.0909. The Balaban J connectivity index is 1.94. The summed E-state index contributed by atoms with van der Waals surface area (Å²) in [5, 5.41) is 9.60. The van der Waals surface area contributed by atoms with Gasteiger partial charge < -0.3 is 4.42 Å². The topological polar surface area (TPSA) is 79.2 Å². The van der Waals surface area contributed by atoms with E-state index in [-0.39, 0.29) is 12.3 Å². The number of amides is 1. The summed E-state index contributed by atoms with van der Waals surface area (Å²) in [7, 11) is 0. The number of pyridine rings is 1. The molecule has 0 saturated heterocycles. The molecule has 0 fully saturated rings. The van der Waals surface area contributed by atoms with Crippen LogP contribution < -0.4 is 0 Å². The first-order valence-corrected chi connectivity index (χ1v) is 8.48. The maximum Gasteiger partial charge on any atom is 0.260 e. The van der Waals surface area contributed by atoms with Gasteiger partial charge in [0.15, 0.2) is 0 Å². The van der Waals surface area contributed by atoms with Crippen LogP contribution in [0.15, 0.2) is 82.5 Å². The Labute approximate surface area is 156 Å². The largest absolute Gasteiger partial charge is 0.469 e. The monoisotopic (exact) mass is 353 g/mol. The number of carbonyl (C=O) groups is 1. The maximum atomic E-state index is 13.1. The molecule has 1 amide bonds. The molecule has 130 valence electrons. The molecule has 0 saturated carbocycles. The van der Waals surface area contributed by atoms with E-state index in [1.807, 2.05) is 36.4 Å². The highest BCUT2D eigenvalue weighted by molar-refractivity contribution is 6.18. The van der Waals surface area contributed by atoms with E-state index in [0.29, 0.717) is 22.6 Å². The average Bonchev–Trinajstić information content (AvgIpc) is 3.23. The molecule has 0 spiro atoms. The van der Waals surface area contributed by atoms with Gasteiger partial charge >= 0.3 is 0 Å². The van der Waals surface area contributed by atoms with Gasteiger partial charge in [-0.3, -0.25) is 9.78 Å². The van der Waals surface area contributed by atoms with E-state index in [0.717, 1.165) is 5.57 Å². The number of benzene rings is 1. The predicted octanol–water partition coefficient (Wildman–Crippen LogP) is 3.72. The van der Waals surface area contributed by atoms with Gasteiger partial charge in [0.2, 0.25) is 0 Å². The van der Waals surface area contributed by atoms with Crippen molar-refractivity contribution in [2.45, 2.75) is 11.8 Å². The molecule has 1 atom stereocenters. The molecule has 0 aliphatic carbocycles. The first-order chi connectivity index (χ1) is 13.2. The number of dihydropyridines is 1. The normalized spacial score (nSPS) is 18.8. The van der Waals surface area contributed by atoms with Crippen LogP contribution in [0.2, 0.25) is 0 Å². The molecular formula is C22H15N3O2. The van der Waals surface area contributed by atoms with E-state index >= 15 is 0 Å². The summed E-state index contributed by atoms with van der Waals surface area (Å²) in [5.41, 5.74) is 1.36. The molecule has 2 aromatic heterocycles. The molecule has 5 nitrogen and oxygen atoms in total. The third-order valence-electron chi connectivity index (χ3n) is 4.63. The van der Waals surface area contributed by atoms with E-state index in [4.69, 9.17) is 4.42 Å². The maximum absolute atomic E-state index is 13.1. The number of aromatic nitrogens is 1. The second-order valence-electron chi connectivity index (χ2n) is 6.26. The van der Waals surface area contributed by atoms with Crippen molar-refractivity contribution in [1.82, 2.24) is 4.98 Å². The van der Waals surface area contributed by atoms with Crippen LogP contribution in [0.4, 0.5) is 0 Å². The van der Waals surface area contributed by atoms with Gasteiger partial charge in [0.1, 0.15) is 11.2 Å². The van der Waals surface area contributed by atoms with Gasteiger partial charge in [-0.05, 0) is 35.9 Å². The number of aliphatic imine (C=N–C) groups is 1. The highest BCUT2D eigenvalue weighted by Gasteiger charge is 2.43. The van der Waals surface area contributed by atoms with Crippen molar-refractivity contribution in [2.24, 2.45) is 4.99 Å². The van der Waals surface area contributed by atoms with Crippen LogP contribution in [0.5, 0.6) is 0 Å². The Morgan fingerprint density at radius 2 is 1.93 bits per heavy atom. The number of carbonyl (C=O) groups excluding carboxylic acids is 1. The lowest BCUT2D eigenvalue weighted by atomic mass is 9.72. The molecule has 1 aliphatic rings. The van der Waals surface area contributed by atoms with Crippen LogP contribution in [0.25, 0.3) is 5.57 Å². The molecule has 1 aliphatic heterocycles. The molecule has 3 heterocycles. The standard InChI is InChI=1S/C22H15N3O2/c23-14-16-6-1-2-8-19(16)22(13-18-7-5-11-27-18)12-17(15-25-21(22)26)20-9-3-4-10-24-20/h1-12,15H,13H2. The molecule has 27 heavy (non-hydrogen) atoms. The van der Waals surface area contributed by atoms with Crippen LogP contribution in [0.3, 0.4) is 0 Å². The minimum atomic E-state index is -1.13. The molecule has 5 heteroatoms. The SMILES string of the molecule is N#Cc1ccccc1C1(Cc2ccco2)C=C(c2ccccn2)C=NC1=O. The Hall–Kier alpha value is -3.78. The van der Waals surface area contributed by atoms with E-state index in [2.05, 4.69) is 16.0 Å². The highest BCUT2D eigenvalue weighted by Crippen LogP contribution is 2.38. The van der Waals surface area contributed by atoms with Crippen molar-refractivity contribution in [1.29, 1.82) is 5.26 Å². The van der Waals surface area contributed by atoms with Crippen LogP contribution in [0.1, 0.15) is 22.6 Å². The Bertz CT molecular complexity index is 1080. The molecular weight excluding hydrogens is 338 g/mol. The quantitative estimate of drug-likeness (QED) is 0.716. The summed E-state index contributed by atoms with van der Waals surface area (Å²) in [6, 6.07) is 18.5. The van der Waals surface area contributed by atoms with Crippen LogP contribution >= 0.6 is 0 Å². The number of rotatable bonds is 4. The number of hydrogen-bond donors (Lipinski definition) is 0. The minimum Gasteiger partial charge on any atom is -0.469 e. The third kappa shape index (κ3) is 2.98. The van der Waals surface area contributed by atoms with Crippen molar-refractivity contribution in [3.63, 3.8) is 0 Å².